The number of nitroso groups, excluding NO2 is 1. The molecule has 1 fully saturated rings. The highest BCUT2D eigenvalue weighted by Crippen LogP contribution is 2.43. The molecule has 0 N–H and O–H groups in total. The molecule has 4 rings (SSSR count). The van der Waals surface area contributed by atoms with E-state index in [1.807, 2.05) is 57.2 Å². The van der Waals surface area contributed by atoms with Crippen LogP contribution in [0.3, 0.4) is 0 Å². The predicted octanol–water partition coefficient (Wildman–Crippen LogP) is 5.19. The molecule has 0 aromatic heterocycles. The van der Waals surface area contributed by atoms with Gasteiger partial charge in [-0.15, -0.1) is 4.91 Å². The van der Waals surface area contributed by atoms with Crippen LogP contribution in [-0.2, 0) is 4.74 Å². The third-order valence-corrected chi connectivity index (χ3v) is 5.69. The first kappa shape index (κ1) is 21.7. The summed E-state index contributed by atoms with van der Waals surface area (Å²) in [5.41, 5.74) is 2.05. The van der Waals surface area contributed by atoms with E-state index in [0.717, 1.165) is 22.4 Å². The van der Waals surface area contributed by atoms with Crippen molar-refractivity contribution in [1.29, 1.82) is 0 Å². The van der Waals surface area contributed by atoms with Gasteiger partial charge in [0.15, 0.2) is 0 Å². The predicted molar refractivity (Wildman–Crippen MR) is 120 cm³/mol. The minimum atomic E-state index is -0.788. The van der Waals surface area contributed by atoms with Crippen LogP contribution in [0.1, 0.15) is 55.1 Å². The number of carbonyl (C=O) groups is 2. The zero-order valence-electron chi connectivity index (χ0n) is 18.5. The standard InChI is InChI=1S/C25H26N2O5/c1-24(2,3)32-23(29)27-14-12-25(13-15-27)16-20(19-6-4-5-7-21(19)31-25)17-8-10-18(11-9-17)22(28)26-30/h4-11,16H,12-15H2,1-3H3. The monoisotopic (exact) mass is 434 g/mol. The summed E-state index contributed by atoms with van der Waals surface area (Å²) in [6.45, 7) is 6.63. The maximum absolute atomic E-state index is 12.5. The first-order chi connectivity index (χ1) is 15.2. The van der Waals surface area contributed by atoms with Crippen LogP contribution in [0.15, 0.2) is 59.8 Å². The van der Waals surface area contributed by atoms with Crippen molar-refractivity contribution in [3.8, 4) is 5.75 Å². The molecule has 2 heterocycles. The first-order valence-electron chi connectivity index (χ1n) is 10.7. The Morgan fingerprint density at radius 3 is 2.31 bits per heavy atom. The Hall–Kier alpha value is -3.48. The van der Waals surface area contributed by atoms with Gasteiger partial charge in [0.1, 0.15) is 17.0 Å². The highest BCUT2D eigenvalue weighted by atomic mass is 16.6. The van der Waals surface area contributed by atoms with E-state index in [4.69, 9.17) is 9.47 Å². The van der Waals surface area contributed by atoms with Crippen LogP contribution in [0.5, 0.6) is 5.75 Å². The van der Waals surface area contributed by atoms with Crippen molar-refractivity contribution in [2.45, 2.75) is 44.8 Å². The molecule has 0 atom stereocenters. The minimum Gasteiger partial charge on any atom is -0.482 e. The third kappa shape index (κ3) is 4.42. The van der Waals surface area contributed by atoms with Crippen LogP contribution in [0.25, 0.3) is 5.57 Å². The van der Waals surface area contributed by atoms with Crippen molar-refractivity contribution in [2.24, 2.45) is 5.18 Å². The summed E-state index contributed by atoms with van der Waals surface area (Å²) in [5, 5.41) is 2.48. The summed E-state index contributed by atoms with van der Waals surface area (Å²) in [5.74, 6) is -0.00526. The normalized spacial score (nSPS) is 17.1. The maximum Gasteiger partial charge on any atom is 0.410 e. The number of para-hydroxylation sites is 1. The van der Waals surface area contributed by atoms with Crippen LogP contribution < -0.4 is 4.74 Å². The molecule has 2 aromatic carbocycles. The first-order valence-corrected chi connectivity index (χ1v) is 10.7. The molecule has 2 aromatic rings. The van der Waals surface area contributed by atoms with Crippen LogP contribution in [0.2, 0.25) is 0 Å². The fourth-order valence-corrected chi connectivity index (χ4v) is 4.09. The number of fused-ring (bicyclic) bond motifs is 1. The molecule has 2 aliphatic heterocycles. The van der Waals surface area contributed by atoms with E-state index in [2.05, 4.69) is 11.3 Å². The van der Waals surface area contributed by atoms with Gasteiger partial charge in [-0.2, -0.15) is 0 Å². The molecule has 2 amide bonds. The van der Waals surface area contributed by atoms with E-state index >= 15 is 0 Å². The average molecular weight is 434 g/mol. The van der Waals surface area contributed by atoms with Crippen molar-refractivity contribution in [2.75, 3.05) is 13.1 Å². The van der Waals surface area contributed by atoms with Gasteiger partial charge in [0.25, 0.3) is 0 Å². The number of ether oxygens (including phenoxy) is 2. The smallest absolute Gasteiger partial charge is 0.410 e. The fourth-order valence-electron chi connectivity index (χ4n) is 4.09. The zero-order chi connectivity index (χ0) is 22.9. The van der Waals surface area contributed by atoms with Gasteiger partial charge in [-0.3, -0.25) is 4.79 Å². The quantitative estimate of drug-likeness (QED) is 0.608. The molecule has 7 nitrogen and oxygen atoms in total. The summed E-state index contributed by atoms with van der Waals surface area (Å²) in [4.78, 5) is 36.3. The van der Waals surface area contributed by atoms with E-state index in [1.165, 1.54) is 0 Å². The second-order valence-corrected chi connectivity index (χ2v) is 9.16. The van der Waals surface area contributed by atoms with Gasteiger partial charge in [0.2, 0.25) is 0 Å². The molecule has 1 spiro atoms. The molecule has 32 heavy (non-hydrogen) atoms. The Balaban J connectivity index is 1.62. The number of carbonyl (C=O) groups excluding carboxylic acids is 2. The number of benzene rings is 2. The lowest BCUT2D eigenvalue weighted by molar-refractivity contribution is -0.00116. The number of amides is 2. The van der Waals surface area contributed by atoms with Gasteiger partial charge in [-0.25, -0.2) is 4.79 Å². The molecule has 0 saturated carbocycles. The maximum atomic E-state index is 12.5. The van der Waals surface area contributed by atoms with E-state index in [9.17, 15) is 14.5 Å². The third-order valence-electron chi connectivity index (χ3n) is 5.69. The van der Waals surface area contributed by atoms with Crippen LogP contribution in [0, 0.1) is 4.91 Å². The fraction of sp³-hybridized carbons (Fsp3) is 0.360. The zero-order valence-corrected chi connectivity index (χ0v) is 18.5. The average Bonchev–Trinajstić information content (AvgIpc) is 2.77. The highest BCUT2D eigenvalue weighted by Gasteiger charge is 2.40. The molecule has 7 heteroatoms. The van der Waals surface area contributed by atoms with Gasteiger partial charge in [-0.05, 0) is 56.2 Å². The topological polar surface area (TPSA) is 85.3 Å². The summed E-state index contributed by atoms with van der Waals surface area (Å²) in [6, 6.07) is 14.7. The van der Waals surface area contributed by atoms with Crippen LogP contribution >= 0.6 is 0 Å². The van der Waals surface area contributed by atoms with Crippen molar-refractivity contribution in [1.82, 2.24) is 4.90 Å². The largest absolute Gasteiger partial charge is 0.482 e. The van der Waals surface area contributed by atoms with Crippen LogP contribution in [-0.4, -0.2) is 41.2 Å². The second-order valence-electron chi connectivity index (χ2n) is 9.16. The van der Waals surface area contributed by atoms with Gasteiger partial charge in [0, 0.05) is 42.2 Å². The van der Waals surface area contributed by atoms with Crippen molar-refractivity contribution in [3.63, 3.8) is 0 Å². The number of likely N-dealkylation sites (tertiary alicyclic amines) is 1. The number of nitrogens with zero attached hydrogens (tertiary/aromatic N) is 2. The molecule has 0 radical (unpaired) electrons. The number of hydrogen-bond donors (Lipinski definition) is 0. The number of piperidine rings is 1. The van der Waals surface area contributed by atoms with Crippen molar-refractivity contribution < 1.29 is 19.1 Å². The molecular formula is C25H26N2O5. The summed E-state index contributed by atoms with van der Waals surface area (Å²) in [6.07, 6.45) is 3.08. The lowest BCUT2D eigenvalue weighted by Gasteiger charge is -2.43. The van der Waals surface area contributed by atoms with E-state index < -0.39 is 17.1 Å². The Morgan fingerprint density at radius 2 is 1.69 bits per heavy atom. The van der Waals surface area contributed by atoms with E-state index in [0.29, 0.717) is 25.9 Å². The Kier molecular flexibility index (Phi) is 5.59. The van der Waals surface area contributed by atoms with Gasteiger partial charge >= 0.3 is 12.0 Å². The molecule has 0 bridgehead atoms. The molecule has 0 aliphatic carbocycles. The van der Waals surface area contributed by atoms with E-state index in [1.54, 1.807) is 17.0 Å². The molecule has 1 saturated heterocycles. The van der Waals surface area contributed by atoms with Gasteiger partial charge in [-0.1, -0.05) is 30.3 Å². The lowest BCUT2D eigenvalue weighted by atomic mass is 9.83. The number of rotatable bonds is 2. The molecule has 2 aliphatic rings. The second kappa shape index (κ2) is 8.22. The van der Waals surface area contributed by atoms with Gasteiger partial charge < -0.3 is 14.4 Å². The van der Waals surface area contributed by atoms with Crippen molar-refractivity contribution >= 4 is 17.6 Å². The van der Waals surface area contributed by atoms with Gasteiger partial charge in [0.05, 0.1) is 0 Å². The Labute approximate surface area is 187 Å². The summed E-state index contributed by atoms with van der Waals surface area (Å²) < 4.78 is 12.0. The molecule has 166 valence electrons. The Morgan fingerprint density at radius 1 is 1.03 bits per heavy atom. The Bertz CT molecular complexity index is 1070. The summed E-state index contributed by atoms with van der Waals surface area (Å²) >= 11 is 0. The van der Waals surface area contributed by atoms with Crippen molar-refractivity contribution in [3.05, 3.63) is 76.2 Å². The SMILES string of the molecule is CC(C)(C)OC(=O)N1CCC2(C=C(c3ccc(C(=O)N=O)cc3)c3ccccc3O2)CC1. The number of hydrogen-bond acceptors (Lipinski definition) is 5. The van der Waals surface area contributed by atoms with Crippen LogP contribution in [0.4, 0.5) is 4.79 Å². The minimum absolute atomic E-state index is 0.255. The van der Waals surface area contributed by atoms with E-state index in [-0.39, 0.29) is 11.7 Å². The molecular weight excluding hydrogens is 408 g/mol. The molecule has 0 unspecified atom stereocenters. The lowest BCUT2D eigenvalue weighted by Crippen LogP contribution is -2.50. The highest BCUT2D eigenvalue weighted by molar-refractivity contribution is 5.95. The summed E-state index contributed by atoms with van der Waals surface area (Å²) in [7, 11) is 0.